The van der Waals surface area contributed by atoms with Gasteiger partial charge in [-0.25, -0.2) is 13.2 Å². The van der Waals surface area contributed by atoms with E-state index in [-0.39, 0.29) is 22.8 Å². The van der Waals surface area contributed by atoms with Gasteiger partial charge in [0.15, 0.2) is 0 Å². The highest BCUT2D eigenvalue weighted by Gasteiger charge is 2.20. The predicted octanol–water partition coefficient (Wildman–Crippen LogP) is 3.98. The summed E-state index contributed by atoms with van der Waals surface area (Å²) in [5.41, 5.74) is 1.81. The van der Waals surface area contributed by atoms with Gasteiger partial charge in [0, 0.05) is 18.0 Å². The Balaban J connectivity index is 1.55. The number of carbonyl (C=O) groups excluding carboxylic acids is 1. The first-order valence-corrected chi connectivity index (χ1v) is 11.3. The Morgan fingerprint density at radius 2 is 1.79 bits per heavy atom. The minimum Gasteiger partial charge on any atom is -0.497 e. The fourth-order valence-corrected chi connectivity index (χ4v) is 4.43. The van der Waals surface area contributed by atoms with Gasteiger partial charge in [-0.05, 0) is 48.5 Å². The highest BCUT2D eigenvalue weighted by Crippen LogP contribution is 2.24. The van der Waals surface area contributed by atoms with E-state index in [1.165, 1.54) is 43.5 Å². The molecule has 0 aliphatic carbocycles. The molecule has 0 saturated carbocycles. The standard InChI is InChI=1S/C24H19N3O5S/c1-31-18-9-11-19(12-10-18)33(29,30)26-22-7-3-2-6-20(22)24(28)32-16-17-15-27-13-5-4-8-23(27)21(17)14-25/h2-13,15,26H,16H2,1H3. The molecule has 0 spiro atoms. The molecule has 0 bridgehead atoms. The molecule has 0 saturated heterocycles. The van der Waals surface area contributed by atoms with Gasteiger partial charge in [-0.15, -0.1) is 0 Å². The zero-order valence-electron chi connectivity index (χ0n) is 17.6. The van der Waals surface area contributed by atoms with Crippen LogP contribution < -0.4 is 9.46 Å². The van der Waals surface area contributed by atoms with Crippen LogP contribution in [-0.2, 0) is 21.4 Å². The molecule has 0 unspecified atom stereocenters. The summed E-state index contributed by atoms with van der Waals surface area (Å²) in [7, 11) is -2.46. The van der Waals surface area contributed by atoms with Crippen molar-refractivity contribution < 1.29 is 22.7 Å². The zero-order chi connectivity index (χ0) is 23.4. The Labute approximate surface area is 190 Å². The number of aromatic nitrogens is 1. The van der Waals surface area contributed by atoms with Gasteiger partial charge < -0.3 is 13.9 Å². The van der Waals surface area contributed by atoms with Gasteiger partial charge in [0.1, 0.15) is 18.4 Å². The second kappa shape index (κ2) is 9.06. The predicted molar refractivity (Wildman–Crippen MR) is 121 cm³/mol. The van der Waals surface area contributed by atoms with Gasteiger partial charge in [-0.1, -0.05) is 18.2 Å². The number of hydrogen-bond donors (Lipinski definition) is 1. The number of rotatable bonds is 7. The molecule has 166 valence electrons. The Hall–Kier alpha value is -4.29. The Morgan fingerprint density at radius 1 is 1.06 bits per heavy atom. The van der Waals surface area contributed by atoms with Crippen LogP contribution in [0, 0.1) is 11.3 Å². The van der Waals surface area contributed by atoms with Crippen LogP contribution in [-0.4, -0.2) is 25.9 Å². The number of para-hydroxylation sites is 1. The number of esters is 1. The SMILES string of the molecule is COc1ccc(S(=O)(=O)Nc2ccccc2C(=O)OCc2cn3ccccc3c2C#N)cc1. The maximum Gasteiger partial charge on any atom is 0.340 e. The molecule has 9 heteroatoms. The normalized spacial score (nSPS) is 11.0. The highest BCUT2D eigenvalue weighted by atomic mass is 32.2. The first kappa shape index (κ1) is 21.9. The van der Waals surface area contributed by atoms with Gasteiger partial charge in [0.05, 0.1) is 34.3 Å². The van der Waals surface area contributed by atoms with E-state index < -0.39 is 16.0 Å². The molecule has 0 radical (unpaired) electrons. The van der Waals surface area contributed by atoms with Gasteiger partial charge in [-0.2, -0.15) is 5.26 Å². The Morgan fingerprint density at radius 3 is 2.52 bits per heavy atom. The second-order valence-electron chi connectivity index (χ2n) is 7.04. The van der Waals surface area contributed by atoms with E-state index in [4.69, 9.17) is 9.47 Å². The third-order valence-electron chi connectivity index (χ3n) is 4.99. The number of fused-ring (bicyclic) bond motifs is 1. The zero-order valence-corrected chi connectivity index (χ0v) is 18.4. The summed E-state index contributed by atoms with van der Waals surface area (Å²) in [4.78, 5) is 12.8. The van der Waals surface area contributed by atoms with E-state index in [1.807, 2.05) is 12.1 Å². The number of ether oxygens (including phenoxy) is 2. The molecule has 0 atom stereocenters. The van der Waals surface area contributed by atoms with Crippen LogP contribution in [0.1, 0.15) is 21.5 Å². The maximum atomic E-state index is 12.8. The van der Waals surface area contributed by atoms with Crippen molar-refractivity contribution in [1.29, 1.82) is 5.26 Å². The van der Waals surface area contributed by atoms with E-state index in [0.29, 0.717) is 22.4 Å². The second-order valence-corrected chi connectivity index (χ2v) is 8.72. The van der Waals surface area contributed by atoms with E-state index in [0.717, 1.165) is 0 Å². The molecule has 1 N–H and O–H groups in total. The molecular formula is C24H19N3O5S. The lowest BCUT2D eigenvalue weighted by Crippen LogP contribution is -2.16. The number of nitriles is 1. The fourth-order valence-electron chi connectivity index (χ4n) is 3.35. The molecule has 2 aromatic carbocycles. The van der Waals surface area contributed by atoms with Crippen LogP contribution in [0.5, 0.6) is 5.75 Å². The van der Waals surface area contributed by atoms with Crippen molar-refractivity contribution in [3.63, 3.8) is 0 Å². The first-order valence-electron chi connectivity index (χ1n) is 9.84. The Kier molecular flexibility index (Phi) is 6.02. The van der Waals surface area contributed by atoms with Gasteiger partial charge in [-0.3, -0.25) is 4.72 Å². The number of hydrogen-bond acceptors (Lipinski definition) is 6. The topological polar surface area (TPSA) is 110 Å². The summed E-state index contributed by atoms with van der Waals surface area (Å²) >= 11 is 0. The van der Waals surface area contributed by atoms with Crippen LogP contribution >= 0.6 is 0 Å². The van der Waals surface area contributed by atoms with E-state index in [1.54, 1.807) is 35.0 Å². The third-order valence-corrected chi connectivity index (χ3v) is 6.38. The quantitative estimate of drug-likeness (QED) is 0.417. The summed E-state index contributed by atoms with van der Waals surface area (Å²) in [5.74, 6) is -0.199. The number of carbonyl (C=O) groups is 1. The van der Waals surface area contributed by atoms with E-state index in [9.17, 15) is 18.5 Å². The van der Waals surface area contributed by atoms with Crippen LogP contribution in [0.15, 0.2) is 84.0 Å². The van der Waals surface area contributed by atoms with Gasteiger partial charge in [0.25, 0.3) is 10.0 Å². The number of anilines is 1. The number of methoxy groups -OCH3 is 1. The molecule has 2 heterocycles. The minimum absolute atomic E-state index is 0.0191. The van der Waals surface area contributed by atoms with E-state index >= 15 is 0 Å². The van der Waals surface area contributed by atoms with Gasteiger partial charge >= 0.3 is 5.97 Å². The molecule has 33 heavy (non-hydrogen) atoms. The molecule has 2 aromatic heterocycles. The Bertz CT molecular complexity index is 1470. The van der Waals surface area contributed by atoms with Crippen molar-refractivity contribution in [3.8, 4) is 11.8 Å². The lowest BCUT2D eigenvalue weighted by molar-refractivity contribution is 0.0474. The lowest BCUT2D eigenvalue weighted by atomic mass is 10.2. The van der Waals surface area contributed by atoms with Crippen LogP contribution in [0.3, 0.4) is 0 Å². The van der Waals surface area contributed by atoms with Crippen molar-refractivity contribution in [2.24, 2.45) is 0 Å². The molecular weight excluding hydrogens is 442 g/mol. The van der Waals surface area contributed by atoms with Crippen LogP contribution in [0.4, 0.5) is 5.69 Å². The average molecular weight is 461 g/mol. The average Bonchev–Trinajstić information content (AvgIpc) is 3.20. The van der Waals surface area contributed by atoms with Crippen molar-refractivity contribution in [3.05, 3.63) is 95.8 Å². The fraction of sp³-hybridized carbons (Fsp3) is 0.0833. The van der Waals surface area contributed by atoms with Crippen LogP contribution in [0.25, 0.3) is 5.52 Å². The molecule has 0 fully saturated rings. The highest BCUT2D eigenvalue weighted by molar-refractivity contribution is 7.92. The molecule has 0 amide bonds. The number of sulfonamides is 1. The lowest BCUT2D eigenvalue weighted by Gasteiger charge is -2.12. The minimum atomic E-state index is -3.95. The van der Waals surface area contributed by atoms with Crippen molar-refractivity contribution >= 4 is 27.2 Å². The third kappa shape index (κ3) is 4.51. The number of nitrogens with zero attached hydrogens (tertiary/aromatic N) is 2. The number of pyridine rings is 1. The molecule has 4 aromatic rings. The summed E-state index contributed by atoms with van der Waals surface area (Å²) < 4.78 is 40.3. The largest absolute Gasteiger partial charge is 0.497 e. The monoisotopic (exact) mass is 461 g/mol. The summed E-state index contributed by atoms with van der Waals surface area (Å²) in [5, 5.41) is 9.51. The van der Waals surface area contributed by atoms with Crippen molar-refractivity contribution in [1.82, 2.24) is 4.40 Å². The number of benzene rings is 2. The van der Waals surface area contributed by atoms with Crippen LogP contribution in [0.2, 0.25) is 0 Å². The molecule has 0 aliphatic heterocycles. The molecule has 0 aliphatic rings. The van der Waals surface area contributed by atoms with Gasteiger partial charge in [0.2, 0.25) is 0 Å². The molecule has 8 nitrogen and oxygen atoms in total. The first-order chi connectivity index (χ1) is 15.9. The molecule has 4 rings (SSSR count). The maximum absolute atomic E-state index is 12.8. The number of nitrogens with one attached hydrogen (secondary N) is 1. The van der Waals surface area contributed by atoms with E-state index in [2.05, 4.69) is 10.8 Å². The smallest absolute Gasteiger partial charge is 0.340 e. The summed E-state index contributed by atoms with van der Waals surface area (Å²) in [6.45, 7) is -0.136. The summed E-state index contributed by atoms with van der Waals surface area (Å²) in [6, 6.07) is 19.6. The van der Waals surface area contributed by atoms with Crippen molar-refractivity contribution in [2.75, 3.05) is 11.8 Å². The summed E-state index contributed by atoms with van der Waals surface area (Å²) in [6.07, 6.45) is 3.52. The van der Waals surface area contributed by atoms with Crippen molar-refractivity contribution in [2.45, 2.75) is 11.5 Å².